The average molecular weight is 240 g/mol. The van der Waals surface area contributed by atoms with Crippen molar-refractivity contribution in [2.45, 2.75) is 52.9 Å². The molecule has 0 saturated carbocycles. The van der Waals surface area contributed by atoms with Crippen molar-refractivity contribution in [2.75, 3.05) is 11.9 Å². The minimum atomic E-state index is 0.678. The summed E-state index contributed by atoms with van der Waals surface area (Å²) in [6.45, 7) is 7.69. The van der Waals surface area contributed by atoms with E-state index in [0.717, 1.165) is 18.1 Å². The fourth-order valence-electron chi connectivity index (χ4n) is 1.53. The highest BCUT2D eigenvalue weighted by Gasteiger charge is 2.02. The molecule has 1 aromatic rings. The monoisotopic (exact) mass is 240 g/mol. The Hall–Kier alpha value is -0.570. The van der Waals surface area contributed by atoms with Crippen LogP contribution in [0.25, 0.3) is 0 Å². The lowest BCUT2D eigenvalue weighted by Crippen LogP contribution is -2.07. The van der Waals surface area contributed by atoms with E-state index in [1.807, 2.05) is 0 Å². The summed E-state index contributed by atoms with van der Waals surface area (Å²) in [4.78, 5) is 4.59. The minimum absolute atomic E-state index is 0.678. The molecule has 3 heteroatoms. The summed E-state index contributed by atoms with van der Waals surface area (Å²) in [7, 11) is 0. The van der Waals surface area contributed by atoms with Gasteiger partial charge in [0, 0.05) is 11.9 Å². The smallest absolute Gasteiger partial charge is 0.182 e. The number of aryl methyl sites for hydroxylation is 1. The van der Waals surface area contributed by atoms with Gasteiger partial charge in [0.05, 0.1) is 5.69 Å². The van der Waals surface area contributed by atoms with Crippen LogP contribution in [0.4, 0.5) is 5.13 Å². The van der Waals surface area contributed by atoms with Crippen LogP contribution in [0.1, 0.15) is 52.1 Å². The van der Waals surface area contributed by atoms with Gasteiger partial charge in [-0.15, -0.1) is 11.3 Å². The summed E-state index contributed by atoms with van der Waals surface area (Å²) in [6.07, 6.45) is 6.41. The standard InChI is InChI=1S/C13H24N2S/c1-4-5-6-7-8-12-10-16-13(15-12)14-9-11(2)3/h10-11H,4-9H2,1-3H3,(H,14,15). The first kappa shape index (κ1) is 13.5. The minimum Gasteiger partial charge on any atom is -0.361 e. The summed E-state index contributed by atoms with van der Waals surface area (Å²) in [5.74, 6) is 0.678. The van der Waals surface area contributed by atoms with Gasteiger partial charge in [-0.05, 0) is 18.8 Å². The van der Waals surface area contributed by atoms with Gasteiger partial charge in [0.25, 0.3) is 0 Å². The Morgan fingerprint density at radius 1 is 1.31 bits per heavy atom. The second-order valence-corrected chi connectivity index (χ2v) is 5.59. The molecule has 0 bridgehead atoms. The highest BCUT2D eigenvalue weighted by Crippen LogP contribution is 2.17. The zero-order valence-corrected chi connectivity index (χ0v) is 11.6. The fourth-order valence-corrected chi connectivity index (χ4v) is 2.28. The first-order chi connectivity index (χ1) is 7.72. The second kappa shape index (κ2) is 7.66. The van der Waals surface area contributed by atoms with Crippen molar-refractivity contribution in [1.29, 1.82) is 0 Å². The Morgan fingerprint density at radius 3 is 2.81 bits per heavy atom. The zero-order chi connectivity index (χ0) is 11.8. The first-order valence-electron chi connectivity index (χ1n) is 6.40. The molecule has 0 spiro atoms. The average Bonchev–Trinajstić information content (AvgIpc) is 2.70. The molecule has 0 amide bonds. The van der Waals surface area contributed by atoms with Crippen LogP contribution in [0.15, 0.2) is 5.38 Å². The molecular weight excluding hydrogens is 216 g/mol. The van der Waals surface area contributed by atoms with Crippen LogP contribution >= 0.6 is 11.3 Å². The molecule has 0 fully saturated rings. The zero-order valence-electron chi connectivity index (χ0n) is 10.8. The molecule has 1 heterocycles. The predicted molar refractivity (Wildman–Crippen MR) is 73.3 cm³/mol. The molecule has 0 radical (unpaired) electrons. The van der Waals surface area contributed by atoms with Crippen LogP contribution < -0.4 is 5.32 Å². The molecule has 16 heavy (non-hydrogen) atoms. The van der Waals surface area contributed by atoms with E-state index in [9.17, 15) is 0 Å². The van der Waals surface area contributed by atoms with Crippen molar-refractivity contribution in [2.24, 2.45) is 5.92 Å². The summed E-state index contributed by atoms with van der Waals surface area (Å²) in [5.41, 5.74) is 1.26. The number of rotatable bonds is 8. The first-order valence-corrected chi connectivity index (χ1v) is 7.28. The maximum absolute atomic E-state index is 4.59. The van der Waals surface area contributed by atoms with Crippen molar-refractivity contribution < 1.29 is 0 Å². The highest BCUT2D eigenvalue weighted by atomic mass is 32.1. The normalized spacial score (nSPS) is 11.0. The predicted octanol–water partition coefficient (Wildman–Crippen LogP) is 4.33. The molecule has 1 N–H and O–H groups in total. The molecule has 0 aromatic carbocycles. The van der Waals surface area contributed by atoms with E-state index in [1.165, 1.54) is 31.4 Å². The maximum Gasteiger partial charge on any atom is 0.182 e. The molecule has 0 aliphatic heterocycles. The number of nitrogens with zero attached hydrogens (tertiary/aromatic N) is 1. The number of aromatic nitrogens is 1. The summed E-state index contributed by atoms with van der Waals surface area (Å²) in [5, 5.41) is 6.65. The van der Waals surface area contributed by atoms with Crippen LogP contribution in [0, 0.1) is 5.92 Å². The summed E-state index contributed by atoms with van der Waals surface area (Å²) >= 11 is 1.73. The summed E-state index contributed by atoms with van der Waals surface area (Å²) in [6, 6.07) is 0. The second-order valence-electron chi connectivity index (χ2n) is 4.73. The Balaban J connectivity index is 2.22. The van der Waals surface area contributed by atoms with Crippen LogP contribution in [-0.2, 0) is 6.42 Å². The van der Waals surface area contributed by atoms with Gasteiger partial charge in [0.15, 0.2) is 5.13 Å². The van der Waals surface area contributed by atoms with Gasteiger partial charge < -0.3 is 5.32 Å². The molecule has 0 atom stereocenters. The largest absolute Gasteiger partial charge is 0.361 e. The van der Waals surface area contributed by atoms with E-state index in [2.05, 4.69) is 36.5 Å². The number of anilines is 1. The van der Waals surface area contributed by atoms with Gasteiger partial charge >= 0.3 is 0 Å². The summed E-state index contributed by atoms with van der Waals surface area (Å²) < 4.78 is 0. The fraction of sp³-hybridized carbons (Fsp3) is 0.769. The lowest BCUT2D eigenvalue weighted by Gasteiger charge is -2.04. The van der Waals surface area contributed by atoms with Crippen molar-refractivity contribution in [3.8, 4) is 0 Å². The topological polar surface area (TPSA) is 24.9 Å². The van der Waals surface area contributed by atoms with Gasteiger partial charge in [-0.25, -0.2) is 4.98 Å². The molecule has 0 saturated heterocycles. The Kier molecular flexibility index (Phi) is 6.46. The van der Waals surface area contributed by atoms with Crippen LogP contribution in [-0.4, -0.2) is 11.5 Å². The third-order valence-electron chi connectivity index (χ3n) is 2.50. The van der Waals surface area contributed by atoms with Crippen molar-refractivity contribution in [1.82, 2.24) is 4.98 Å². The number of hydrogen-bond acceptors (Lipinski definition) is 3. The Labute approximate surface area is 103 Å². The number of unbranched alkanes of at least 4 members (excludes halogenated alkanes) is 3. The third-order valence-corrected chi connectivity index (χ3v) is 3.35. The third kappa shape index (κ3) is 5.50. The molecule has 0 aliphatic carbocycles. The Bertz CT molecular complexity index is 281. The van der Waals surface area contributed by atoms with Gasteiger partial charge in [-0.2, -0.15) is 0 Å². The van der Waals surface area contributed by atoms with Crippen LogP contribution in [0.3, 0.4) is 0 Å². The molecule has 1 aromatic heterocycles. The molecule has 2 nitrogen and oxygen atoms in total. The van der Waals surface area contributed by atoms with E-state index in [4.69, 9.17) is 0 Å². The van der Waals surface area contributed by atoms with Crippen LogP contribution in [0.2, 0.25) is 0 Å². The van der Waals surface area contributed by atoms with Gasteiger partial charge in [-0.3, -0.25) is 0 Å². The van der Waals surface area contributed by atoms with Crippen molar-refractivity contribution >= 4 is 16.5 Å². The Morgan fingerprint density at radius 2 is 2.12 bits per heavy atom. The lowest BCUT2D eigenvalue weighted by molar-refractivity contribution is 0.661. The van der Waals surface area contributed by atoms with Crippen molar-refractivity contribution in [3.05, 3.63) is 11.1 Å². The van der Waals surface area contributed by atoms with E-state index in [1.54, 1.807) is 11.3 Å². The molecule has 0 unspecified atom stereocenters. The number of thiazole rings is 1. The molecule has 1 rings (SSSR count). The lowest BCUT2D eigenvalue weighted by atomic mass is 10.1. The number of hydrogen-bond donors (Lipinski definition) is 1. The molecule has 92 valence electrons. The van der Waals surface area contributed by atoms with E-state index < -0.39 is 0 Å². The quantitative estimate of drug-likeness (QED) is 0.684. The molecular formula is C13H24N2S. The van der Waals surface area contributed by atoms with Crippen LogP contribution in [0.5, 0.6) is 0 Å². The van der Waals surface area contributed by atoms with Gasteiger partial charge in [-0.1, -0.05) is 40.0 Å². The van der Waals surface area contributed by atoms with Gasteiger partial charge in [0.1, 0.15) is 0 Å². The number of nitrogens with one attached hydrogen (secondary N) is 1. The van der Waals surface area contributed by atoms with E-state index >= 15 is 0 Å². The SMILES string of the molecule is CCCCCCc1csc(NCC(C)C)n1. The van der Waals surface area contributed by atoms with E-state index in [-0.39, 0.29) is 0 Å². The van der Waals surface area contributed by atoms with Crippen molar-refractivity contribution in [3.63, 3.8) is 0 Å². The van der Waals surface area contributed by atoms with Gasteiger partial charge in [0.2, 0.25) is 0 Å². The maximum atomic E-state index is 4.59. The highest BCUT2D eigenvalue weighted by molar-refractivity contribution is 7.13. The molecule has 0 aliphatic rings. The van der Waals surface area contributed by atoms with E-state index in [0.29, 0.717) is 5.92 Å².